The third-order valence-corrected chi connectivity index (χ3v) is 21.9. The largest absolute Gasteiger partial charge is 0.552 e. The van der Waals surface area contributed by atoms with E-state index >= 15 is 17.6 Å². The zero-order chi connectivity index (χ0) is 50.6. The summed E-state index contributed by atoms with van der Waals surface area (Å²) in [5, 5.41) is -2.97. The number of halogens is 24. The van der Waals surface area contributed by atoms with Crippen LogP contribution in [0.3, 0.4) is 0 Å². The lowest BCUT2D eigenvalue weighted by atomic mass is 10.0. The minimum atomic E-state index is -8.53. The molecular formula is C28H36F24O6Si4. The maximum Gasteiger partial charge on any atom is 0.458 e. The topological polar surface area (TPSA) is 63.2 Å². The van der Waals surface area contributed by atoms with E-state index in [0.29, 0.717) is 13.8 Å². The van der Waals surface area contributed by atoms with Gasteiger partial charge in [0.25, 0.3) is 8.20 Å². The number of rotatable bonds is 22. The van der Waals surface area contributed by atoms with E-state index in [-0.39, 0.29) is 5.38 Å². The first kappa shape index (κ1) is 60.1. The lowest BCUT2D eigenvalue weighted by Crippen LogP contribution is -2.69. The Morgan fingerprint density at radius 1 is 0.565 bits per heavy atom. The maximum atomic E-state index is 15.3. The van der Waals surface area contributed by atoms with E-state index < -0.39 is 129 Å². The molecule has 0 radical (unpaired) electrons. The van der Waals surface area contributed by atoms with Crippen molar-refractivity contribution in [3.05, 3.63) is 24.2 Å². The normalized spacial score (nSPS) is 19.0. The summed E-state index contributed by atoms with van der Waals surface area (Å²) in [4.78, 5) is 0. The van der Waals surface area contributed by atoms with Crippen molar-refractivity contribution in [2.45, 2.75) is 150 Å². The summed E-state index contributed by atoms with van der Waals surface area (Å²) in [6.45, 7) is 14.2. The van der Waals surface area contributed by atoms with Gasteiger partial charge in [-0.1, -0.05) is 52.3 Å². The molecule has 0 rings (SSSR count). The molecule has 62 heavy (non-hydrogen) atoms. The van der Waals surface area contributed by atoms with Gasteiger partial charge in [0.2, 0.25) is 8.32 Å². The summed E-state index contributed by atoms with van der Waals surface area (Å²) >= 11 is 0. The molecule has 0 spiro atoms. The molecule has 0 amide bonds. The summed E-state index contributed by atoms with van der Waals surface area (Å²) in [6.07, 6.45) is -69.6. The summed E-state index contributed by atoms with van der Waals surface area (Å²) in [7, 11) is -13.2. The fraction of sp³-hybridized carbons (Fsp3) is 0.857. The van der Waals surface area contributed by atoms with Crippen LogP contribution in [0.15, 0.2) is 24.2 Å². The molecule has 0 saturated heterocycles. The minimum absolute atomic E-state index is 0.119. The molecule has 0 heterocycles. The number of hydrogen-bond donors (Lipinski definition) is 0. The molecule has 4 unspecified atom stereocenters. The average molecular weight is 1040 g/mol. The monoisotopic (exact) mass is 1040 g/mol. The van der Waals surface area contributed by atoms with Crippen LogP contribution in [-0.4, -0.2) is 105 Å². The van der Waals surface area contributed by atoms with Gasteiger partial charge >= 0.3 is 72.6 Å². The van der Waals surface area contributed by atoms with Crippen molar-refractivity contribution in [2.75, 3.05) is 0 Å². The van der Waals surface area contributed by atoms with E-state index in [0.717, 1.165) is 31.9 Å². The molecule has 0 aliphatic rings. The molecule has 0 aliphatic carbocycles. The fourth-order valence-corrected chi connectivity index (χ4v) is 16.6. The van der Waals surface area contributed by atoms with Gasteiger partial charge in [0.1, 0.15) is 16.4 Å². The van der Waals surface area contributed by atoms with Crippen LogP contribution in [0.1, 0.15) is 26.7 Å². The number of ether oxygens (including phenoxy) is 4. The number of hydrogen-bond acceptors (Lipinski definition) is 6. The second-order valence-corrected chi connectivity index (χ2v) is 33.7. The molecule has 368 valence electrons. The standard InChI is InChI=1S/C28H36F24O6Si4/c1-11-62(9,10)60(53)16(3,4)14-18(30,22(36,37)38)56-26(47,48)20(32,24(42,43)44)58-28(51,52)27(49,50)57-19(31,23(39,40)41)25(45,46)55-17(29,21(33,34)35)12-13-61(7,8)54-15(2)59(5)6/h11,59H,1-2,12-14H2,3-10H3. The quantitative estimate of drug-likeness (QED) is 0.0612. The van der Waals surface area contributed by atoms with Gasteiger partial charge in [-0.2, -0.15) is 96.6 Å². The molecule has 0 saturated carbocycles. The summed E-state index contributed by atoms with van der Waals surface area (Å²) in [5.74, 6) is -29.7. The third-order valence-electron chi connectivity index (χ3n) is 8.26. The number of alkyl halides is 24. The Balaban J connectivity index is 7.44. The SMILES string of the molecule is C=C[Si](C)(C)[Si](=O)C(C)(C)CC(F)(OC(F)(F)C(F)(OC(F)(F)C(F)(F)OC(F)(C(F)(F)F)C(F)(F)OC(F)(CC[Si](C)(C)OC(=C)[SiH](C)C)C(F)(F)F)C(F)(F)F)C(F)(F)F. The van der Waals surface area contributed by atoms with Crippen molar-refractivity contribution in [3.8, 4) is 0 Å². The molecule has 34 heteroatoms. The van der Waals surface area contributed by atoms with E-state index in [4.69, 9.17) is 4.43 Å². The molecule has 4 atom stereocenters. The zero-order valence-electron chi connectivity index (χ0n) is 32.7. The lowest BCUT2D eigenvalue weighted by molar-refractivity contribution is -0.585. The highest BCUT2D eigenvalue weighted by atomic mass is 29.2. The van der Waals surface area contributed by atoms with Crippen LogP contribution in [-0.2, 0) is 27.8 Å². The van der Waals surface area contributed by atoms with Crippen molar-refractivity contribution in [2.24, 2.45) is 0 Å². The van der Waals surface area contributed by atoms with E-state index in [1.807, 2.05) is 0 Å². The van der Waals surface area contributed by atoms with Crippen molar-refractivity contribution >= 4 is 32.9 Å². The van der Waals surface area contributed by atoms with E-state index in [2.05, 4.69) is 22.6 Å². The lowest BCUT2D eigenvalue weighted by Gasteiger charge is -2.43. The van der Waals surface area contributed by atoms with Gasteiger partial charge in [-0.15, -0.1) is 6.58 Å². The first-order valence-corrected chi connectivity index (χ1v) is 27.9. The van der Waals surface area contributed by atoms with Gasteiger partial charge in [0.15, 0.2) is 0 Å². The average Bonchev–Trinajstić information content (AvgIpc) is 2.99. The van der Waals surface area contributed by atoms with Crippen LogP contribution in [0.4, 0.5) is 105 Å². The van der Waals surface area contributed by atoms with Crippen LogP contribution in [0.25, 0.3) is 0 Å². The van der Waals surface area contributed by atoms with Gasteiger partial charge in [-0.25, -0.2) is 8.78 Å². The Kier molecular flexibility index (Phi) is 17.2. The summed E-state index contributed by atoms with van der Waals surface area (Å²) in [5.41, 5.74) is 0.858. The predicted octanol–water partition coefficient (Wildman–Crippen LogP) is 12.6. The molecule has 6 nitrogen and oxygen atoms in total. The van der Waals surface area contributed by atoms with Gasteiger partial charge in [-0.3, -0.25) is 18.9 Å². The van der Waals surface area contributed by atoms with Gasteiger partial charge in [-0.05, 0) is 19.1 Å². The molecule has 0 aliphatic heterocycles. The van der Waals surface area contributed by atoms with Gasteiger partial charge < -0.3 is 8.89 Å². The van der Waals surface area contributed by atoms with Crippen LogP contribution in [0, 0.1) is 0 Å². The Labute approximate surface area is 340 Å². The van der Waals surface area contributed by atoms with Crippen molar-refractivity contribution in [1.29, 1.82) is 0 Å². The Bertz CT molecular complexity index is 1610. The van der Waals surface area contributed by atoms with Gasteiger partial charge in [0, 0.05) is 23.3 Å². The first-order valence-electron chi connectivity index (χ1n) is 16.4. The van der Waals surface area contributed by atoms with Crippen molar-refractivity contribution < 1.29 is 133 Å². The van der Waals surface area contributed by atoms with Crippen LogP contribution < -0.4 is 0 Å². The second kappa shape index (κ2) is 17.7. The van der Waals surface area contributed by atoms with E-state index in [9.17, 15) is 92.3 Å². The highest BCUT2D eigenvalue weighted by Gasteiger charge is 2.86. The van der Waals surface area contributed by atoms with E-state index in [1.54, 1.807) is 0 Å². The fourth-order valence-electron chi connectivity index (χ4n) is 4.62. The zero-order valence-corrected chi connectivity index (χ0v) is 36.9. The van der Waals surface area contributed by atoms with Crippen LogP contribution in [0.2, 0.25) is 50.4 Å². The molecule has 0 bridgehead atoms. The maximum absolute atomic E-state index is 15.3. The second-order valence-electron chi connectivity index (χ2n) is 15.4. The molecule has 0 aromatic carbocycles. The molecule has 0 N–H and O–H groups in total. The van der Waals surface area contributed by atoms with Gasteiger partial charge in [0.05, 0.1) is 0 Å². The molecule has 0 aromatic rings. The Hall–Kier alpha value is -1.89. The third kappa shape index (κ3) is 12.7. The smallest absolute Gasteiger partial charge is 0.458 e. The molecule has 0 aromatic heterocycles. The first-order chi connectivity index (χ1) is 26.5. The van der Waals surface area contributed by atoms with Crippen LogP contribution in [0.5, 0.6) is 0 Å². The van der Waals surface area contributed by atoms with E-state index in [1.165, 1.54) is 22.6 Å². The summed E-state index contributed by atoms with van der Waals surface area (Å²) < 4.78 is 368. The molecular weight excluding hydrogens is 1000 g/mol. The Morgan fingerprint density at radius 3 is 1.16 bits per heavy atom. The molecule has 0 fully saturated rings. The predicted molar refractivity (Wildman–Crippen MR) is 172 cm³/mol. The Morgan fingerprint density at radius 2 is 0.887 bits per heavy atom. The van der Waals surface area contributed by atoms with Crippen molar-refractivity contribution in [1.82, 2.24) is 0 Å². The highest BCUT2D eigenvalue weighted by molar-refractivity contribution is 7.29. The van der Waals surface area contributed by atoms with Crippen LogP contribution >= 0.6 is 0 Å². The minimum Gasteiger partial charge on any atom is -0.552 e. The summed E-state index contributed by atoms with van der Waals surface area (Å²) in [6, 6.07) is -1.46. The van der Waals surface area contributed by atoms with Crippen molar-refractivity contribution in [3.63, 3.8) is 0 Å². The highest BCUT2D eigenvalue weighted by Crippen LogP contribution is 2.59.